The van der Waals surface area contributed by atoms with Gasteiger partial charge in [-0.25, -0.2) is 12.4 Å². The molecule has 2 aliphatic rings. The Morgan fingerprint density at radius 2 is 2.16 bits per heavy atom. The van der Waals surface area contributed by atoms with Gasteiger partial charge in [-0.2, -0.15) is 5.10 Å². The van der Waals surface area contributed by atoms with Crippen LogP contribution in [-0.4, -0.2) is 59.5 Å². The molecule has 0 aliphatic carbocycles. The molecule has 1 unspecified atom stereocenters. The molecule has 1 aromatic carbocycles. The number of aromatic nitrogens is 3. The second-order valence-corrected chi connectivity index (χ2v) is 11.1. The van der Waals surface area contributed by atoms with Crippen molar-refractivity contribution in [1.82, 2.24) is 24.0 Å². The maximum Gasteiger partial charge on any atom is 0.271 e. The maximum atomic E-state index is 13.5. The van der Waals surface area contributed by atoms with Gasteiger partial charge in [0.15, 0.2) is 0 Å². The van der Waals surface area contributed by atoms with E-state index in [0.29, 0.717) is 12.1 Å². The summed E-state index contributed by atoms with van der Waals surface area (Å²) in [6.07, 6.45) is 7.97. The zero-order chi connectivity index (χ0) is 21.6. The van der Waals surface area contributed by atoms with E-state index in [9.17, 15) is 8.42 Å². The smallest absolute Gasteiger partial charge is 0.271 e. The van der Waals surface area contributed by atoms with E-state index in [1.54, 1.807) is 17.1 Å². The second kappa shape index (κ2) is 8.12. The van der Waals surface area contributed by atoms with Crippen LogP contribution in [0, 0.1) is 0 Å². The molecule has 0 saturated carbocycles. The number of hydrogen-bond acceptors (Lipinski definition) is 6. The van der Waals surface area contributed by atoms with Crippen LogP contribution in [-0.2, 0) is 16.6 Å². The summed E-state index contributed by atoms with van der Waals surface area (Å²) in [7, 11) is -1.64. The third-order valence-corrected chi connectivity index (χ3v) is 8.90. The maximum absolute atomic E-state index is 13.5. The number of likely N-dealkylation sites (N-methyl/N-ethyl adjacent to an activating group) is 1. The molecule has 7 nitrogen and oxygen atoms in total. The van der Waals surface area contributed by atoms with Gasteiger partial charge in [-0.05, 0) is 43.7 Å². The van der Waals surface area contributed by atoms with E-state index in [-0.39, 0.29) is 10.3 Å². The lowest BCUT2D eigenvalue weighted by Gasteiger charge is -2.21. The average molecular weight is 458 g/mol. The van der Waals surface area contributed by atoms with Crippen LogP contribution in [0.3, 0.4) is 0 Å². The minimum atomic E-state index is -3.74. The van der Waals surface area contributed by atoms with Gasteiger partial charge >= 0.3 is 0 Å². The first-order chi connectivity index (χ1) is 15.0. The lowest BCUT2D eigenvalue weighted by molar-refractivity contribution is 0.370. The van der Waals surface area contributed by atoms with Gasteiger partial charge in [-0.15, -0.1) is 11.8 Å². The van der Waals surface area contributed by atoms with E-state index in [1.165, 1.54) is 21.3 Å². The Morgan fingerprint density at radius 1 is 1.29 bits per heavy atom. The second-order valence-electron chi connectivity index (χ2n) is 8.10. The molecule has 0 spiro atoms. The van der Waals surface area contributed by atoms with Crippen molar-refractivity contribution in [3.8, 4) is 0 Å². The topological polar surface area (TPSA) is 72.2 Å². The molecule has 5 rings (SSSR count). The Hall–Kier alpha value is -2.07. The predicted molar refractivity (Wildman–Crippen MR) is 126 cm³/mol. The molecule has 0 radical (unpaired) electrons. The molecule has 1 fully saturated rings. The molecule has 0 bridgehead atoms. The number of nitrogens with one attached hydrogen (secondary N) is 1. The van der Waals surface area contributed by atoms with Crippen LogP contribution in [0.25, 0.3) is 16.5 Å². The summed E-state index contributed by atoms with van der Waals surface area (Å²) in [6, 6.07) is 6.17. The van der Waals surface area contributed by atoms with E-state index in [2.05, 4.69) is 34.5 Å². The van der Waals surface area contributed by atoms with Crippen molar-refractivity contribution in [3.63, 3.8) is 0 Å². The van der Waals surface area contributed by atoms with E-state index in [1.807, 2.05) is 30.8 Å². The molecule has 164 valence electrons. The highest BCUT2D eigenvalue weighted by Gasteiger charge is 2.26. The molecule has 2 aliphatic heterocycles. The van der Waals surface area contributed by atoms with Crippen LogP contribution < -0.4 is 5.32 Å². The van der Waals surface area contributed by atoms with E-state index in [0.717, 1.165) is 42.8 Å². The minimum Gasteiger partial charge on any atom is -0.302 e. The van der Waals surface area contributed by atoms with Crippen molar-refractivity contribution in [2.75, 3.05) is 32.4 Å². The van der Waals surface area contributed by atoms with Gasteiger partial charge < -0.3 is 10.2 Å². The first-order valence-corrected chi connectivity index (χ1v) is 13.1. The highest BCUT2D eigenvalue weighted by Crippen LogP contribution is 2.37. The highest BCUT2D eigenvalue weighted by molar-refractivity contribution is 7.99. The van der Waals surface area contributed by atoms with Crippen LogP contribution in [0.2, 0.25) is 0 Å². The zero-order valence-electron chi connectivity index (χ0n) is 17.8. The van der Waals surface area contributed by atoms with Crippen LogP contribution >= 0.6 is 11.8 Å². The molecule has 1 N–H and O–H groups in total. The molecule has 3 aromatic rings. The molecular weight excluding hydrogens is 430 g/mol. The largest absolute Gasteiger partial charge is 0.302 e. The Morgan fingerprint density at radius 3 is 2.84 bits per heavy atom. The number of benzene rings is 1. The Kier molecular flexibility index (Phi) is 5.45. The lowest BCUT2D eigenvalue weighted by Crippen LogP contribution is -2.23. The van der Waals surface area contributed by atoms with Gasteiger partial charge in [0, 0.05) is 55.3 Å². The van der Waals surface area contributed by atoms with Crippen molar-refractivity contribution in [2.45, 2.75) is 30.2 Å². The fraction of sp³-hybridized carbons (Fsp3) is 0.409. The third-order valence-electron chi connectivity index (χ3n) is 6.06. The summed E-state index contributed by atoms with van der Waals surface area (Å²) in [5, 5.41) is 8.94. The highest BCUT2D eigenvalue weighted by atomic mass is 32.2. The molecule has 1 atom stereocenters. The standard InChI is InChI=1S/C22H27N5O2S2/c1-3-26-14-18(13-24-26)31(28,29)27-15-20(16-6-9-25(2)10-7-16)19-12-17(4-5-21(19)27)22-23-8-11-30-22/h4-6,12-15,22-23H,3,7-11H2,1-2H3. The van der Waals surface area contributed by atoms with Crippen molar-refractivity contribution in [3.05, 3.63) is 54.0 Å². The quantitative estimate of drug-likeness (QED) is 0.635. The first kappa shape index (κ1) is 20.8. The van der Waals surface area contributed by atoms with Gasteiger partial charge in [0.1, 0.15) is 4.90 Å². The predicted octanol–water partition coefficient (Wildman–Crippen LogP) is 3.15. The SMILES string of the molecule is CCn1cc(S(=O)(=O)n2cc(C3=CCN(C)CC3)c3cc(C4NCCS4)ccc32)cn1. The number of thioether (sulfide) groups is 1. The van der Waals surface area contributed by atoms with Crippen LogP contribution in [0.4, 0.5) is 0 Å². The molecule has 4 heterocycles. The van der Waals surface area contributed by atoms with E-state index < -0.39 is 10.0 Å². The van der Waals surface area contributed by atoms with Crippen LogP contribution in [0.15, 0.2) is 47.8 Å². The lowest BCUT2D eigenvalue weighted by atomic mass is 9.98. The molecule has 0 amide bonds. The monoisotopic (exact) mass is 457 g/mol. The van der Waals surface area contributed by atoms with Crippen molar-refractivity contribution in [1.29, 1.82) is 0 Å². The van der Waals surface area contributed by atoms with Crippen molar-refractivity contribution >= 4 is 38.3 Å². The van der Waals surface area contributed by atoms with Gasteiger partial charge in [0.05, 0.1) is 17.1 Å². The average Bonchev–Trinajstić information content (AvgIpc) is 3.53. The number of fused-ring (bicyclic) bond motifs is 1. The van der Waals surface area contributed by atoms with Crippen molar-refractivity contribution in [2.24, 2.45) is 0 Å². The summed E-state index contributed by atoms with van der Waals surface area (Å²) < 4.78 is 30.1. The van der Waals surface area contributed by atoms with Gasteiger partial charge in [0.25, 0.3) is 10.0 Å². The molecule has 2 aromatic heterocycles. The van der Waals surface area contributed by atoms with E-state index in [4.69, 9.17) is 0 Å². The molecule has 9 heteroatoms. The summed E-state index contributed by atoms with van der Waals surface area (Å²) >= 11 is 1.89. The molecular formula is C22H27N5O2S2. The van der Waals surface area contributed by atoms with Crippen LogP contribution in [0.1, 0.15) is 29.8 Å². The Balaban J connectivity index is 1.68. The van der Waals surface area contributed by atoms with Crippen LogP contribution in [0.5, 0.6) is 0 Å². The van der Waals surface area contributed by atoms with Gasteiger partial charge in [-0.3, -0.25) is 4.68 Å². The third kappa shape index (κ3) is 3.73. The normalized spacial score (nSPS) is 20.5. The summed E-state index contributed by atoms with van der Waals surface area (Å²) in [4.78, 5) is 2.48. The zero-order valence-corrected chi connectivity index (χ0v) is 19.4. The van der Waals surface area contributed by atoms with Crippen molar-refractivity contribution < 1.29 is 8.42 Å². The number of hydrogen-bond donors (Lipinski definition) is 1. The summed E-state index contributed by atoms with van der Waals surface area (Å²) in [5.74, 6) is 1.09. The van der Waals surface area contributed by atoms with Gasteiger partial charge in [-0.1, -0.05) is 12.1 Å². The van der Waals surface area contributed by atoms with Gasteiger partial charge in [0.2, 0.25) is 0 Å². The summed E-state index contributed by atoms with van der Waals surface area (Å²) in [6.45, 7) is 5.40. The minimum absolute atomic E-state index is 0.215. The fourth-order valence-corrected chi connectivity index (χ4v) is 6.63. The molecule has 31 heavy (non-hydrogen) atoms. The molecule has 1 saturated heterocycles. The summed E-state index contributed by atoms with van der Waals surface area (Å²) in [5.41, 5.74) is 4.13. The number of aryl methyl sites for hydroxylation is 1. The number of rotatable bonds is 5. The fourth-order valence-electron chi connectivity index (χ4n) is 4.26. The Labute approximate surface area is 187 Å². The number of nitrogens with zero attached hydrogens (tertiary/aromatic N) is 4. The van der Waals surface area contributed by atoms with E-state index >= 15 is 0 Å². The Bertz CT molecular complexity index is 1250. The first-order valence-electron chi connectivity index (χ1n) is 10.6.